The van der Waals surface area contributed by atoms with E-state index in [1.54, 1.807) is 6.08 Å². The molecule has 2 saturated heterocycles. The number of aliphatic hydroxyl groups is 1. The average molecular weight is 406 g/mol. The molecule has 2 heterocycles. The molecule has 0 aromatic carbocycles. The first kappa shape index (κ1) is 22.1. The van der Waals surface area contributed by atoms with Gasteiger partial charge in [-0.3, -0.25) is 0 Å². The molecular weight excluding hydrogens is 373 g/mol. The van der Waals surface area contributed by atoms with E-state index in [-0.39, 0.29) is 24.4 Å². The van der Waals surface area contributed by atoms with Crippen LogP contribution in [-0.4, -0.2) is 42.7 Å². The lowest BCUT2D eigenvalue weighted by Gasteiger charge is -2.32. The van der Waals surface area contributed by atoms with Gasteiger partial charge in [-0.1, -0.05) is 31.9 Å². The van der Waals surface area contributed by atoms with Crippen molar-refractivity contribution in [1.82, 2.24) is 0 Å². The number of alkyl halides is 3. The van der Waals surface area contributed by atoms with Crippen LogP contribution < -0.4 is 0 Å². The van der Waals surface area contributed by atoms with Crippen LogP contribution in [0.3, 0.4) is 0 Å². The summed E-state index contributed by atoms with van der Waals surface area (Å²) >= 11 is 0. The van der Waals surface area contributed by atoms with E-state index >= 15 is 0 Å². The molecule has 7 atom stereocenters. The summed E-state index contributed by atoms with van der Waals surface area (Å²) in [4.78, 5) is 0. The Bertz CT molecular complexity index is 504. The minimum Gasteiger partial charge on any atom is -0.368 e. The Morgan fingerprint density at radius 2 is 2.04 bits per heavy atom. The second kappa shape index (κ2) is 9.92. The molecule has 1 aliphatic carbocycles. The van der Waals surface area contributed by atoms with E-state index in [1.807, 2.05) is 13.0 Å². The first-order valence-electron chi connectivity index (χ1n) is 10.7. The number of aliphatic hydroxyl groups excluding tert-OH is 1. The van der Waals surface area contributed by atoms with Crippen LogP contribution in [-0.2, 0) is 14.2 Å². The van der Waals surface area contributed by atoms with Crippen LogP contribution >= 0.6 is 0 Å². The molecule has 162 valence electrons. The quantitative estimate of drug-likeness (QED) is 0.579. The monoisotopic (exact) mass is 406 g/mol. The lowest BCUT2D eigenvalue weighted by Crippen LogP contribution is -2.38. The molecule has 28 heavy (non-hydrogen) atoms. The van der Waals surface area contributed by atoms with Crippen LogP contribution in [0, 0.1) is 17.8 Å². The van der Waals surface area contributed by atoms with Crippen LogP contribution in [0.4, 0.5) is 13.2 Å². The summed E-state index contributed by atoms with van der Waals surface area (Å²) in [5.41, 5.74) is 0. The summed E-state index contributed by atoms with van der Waals surface area (Å²) in [6.07, 6.45) is 2.85. The van der Waals surface area contributed by atoms with Crippen molar-refractivity contribution in [3.05, 3.63) is 12.2 Å². The maximum absolute atomic E-state index is 13.8. The van der Waals surface area contributed by atoms with Crippen molar-refractivity contribution < 1.29 is 32.5 Å². The molecule has 0 aromatic rings. The van der Waals surface area contributed by atoms with Gasteiger partial charge in [0.25, 0.3) is 0 Å². The lowest BCUT2D eigenvalue weighted by molar-refractivity contribution is -0.241. The summed E-state index contributed by atoms with van der Waals surface area (Å²) < 4.78 is 58.3. The number of hydrogen-bond acceptors (Lipinski definition) is 4. The van der Waals surface area contributed by atoms with Crippen molar-refractivity contribution in [2.75, 3.05) is 6.61 Å². The molecule has 3 rings (SSSR count). The molecule has 3 fully saturated rings. The molecule has 1 N–H and O–H groups in total. The zero-order chi connectivity index (χ0) is 20.1. The topological polar surface area (TPSA) is 47.9 Å². The highest BCUT2D eigenvalue weighted by atomic mass is 19.4. The molecule has 0 radical (unpaired) electrons. The Morgan fingerprint density at radius 1 is 1.21 bits per heavy atom. The largest absolute Gasteiger partial charge is 0.394 e. The van der Waals surface area contributed by atoms with Crippen molar-refractivity contribution in [3.8, 4) is 0 Å². The zero-order valence-electron chi connectivity index (χ0n) is 16.6. The van der Waals surface area contributed by atoms with Gasteiger partial charge in [-0.2, -0.15) is 13.2 Å². The number of hydrogen-bond donors (Lipinski definition) is 1. The van der Waals surface area contributed by atoms with Gasteiger partial charge in [0.05, 0.1) is 18.1 Å². The normalized spacial score (nSPS) is 36.0. The molecule has 0 spiro atoms. The second-order valence-corrected chi connectivity index (χ2v) is 8.34. The van der Waals surface area contributed by atoms with E-state index in [9.17, 15) is 18.3 Å². The van der Waals surface area contributed by atoms with Crippen molar-refractivity contribution in [2.24, 2.45) is 17.8 Å². The number of rotatable bonds is 8. The molecule has 1 saturated carbocycles. The van der Waals surface area contributed by atoms with Gasteiger partial charge in [0.1, 0.15) is 0 Å². The van der Waals surface area contributed by atoms with Gasteiger partial charge < -0.3 is 19.3 Å². The summed E-state index contributed by atoms with van der Waals surface area (Å²) in [6, 6.07) is 0. The van der Waals surface area contributed by atoms with Crippen LogP contribution in [0.5, 0.6) is 0 Å². The van der Waals surface area contributed by atoms with E-state index in [0.29, 0.717) is 32.3 Å². The molecule has 0 aromatic heterocycles. The summed E-state index contributed by atoms with van der Waals surface area (Å²) in [5.74, 6) is -1.23. The average Bonchev–Trinajstić information content (AvgIpc) is 3.18. The minimum atomic E-state index is -4.32. The number of halogens is 3. The maximum Gasteiger partial charge on any atom is 0.394 e. The van der Waals surface area contributed by atoms with E-state index in [1.165, 1.54) is 0 Å². The van der Waals surface area contributed by atoms with Gasteiger partial charge in [-0.15, -0.1) is 0 Å². The van der Waals surface area contributed by atoms with Crippen LogP contribution in [0.25, 0.3) is 0 Å². The van der Waals surface area contributed by atoms with E-state index in [0.717, 1.165) is 25.7 Å². The lowest BCUT2D eigenvalue weighted by atomic mass is 9.90. The standard InChI is InChI=1S/C21H33F3O4/c1-2-3-6-16(21(22,23)24)18(28-20-7-4-5-12-26-20)11-9-14-8-10-17-15(14)13-19(25)27-17/h9,11,14-20,25H,2-8,10,12-13H2,1H3/b11-9+. The summed E-state index contributed by atoms with van der Waals surface area (Å²) in [7, 11) is 0. The van der Waals surface area contributed by atoms with Crippen LogP contribution in [0.15, 0.2) is 12.2 Å². The van der Waals surface area contributed by atoms with Crippen LogP contribution in [0.1, 0.15) is 64.7 Å². The van der Waals surface area contributed by atoms with Gasteiger partial charge in [-0.25, -0.2) is 0 Å². The number of ether oxygens (including phenoxy) is 3. The smallest absolute Gasteiger partial charge is 0.368 e. The fourth-order valence-electron chi connectivity index (χ4n) is 4.74. The van der Waals surface area contributed by atoms with Crippen molar-refractivity contribution in [2.45, 2.75) is 95.7 Å². The fourth-order valence-corrected chi connectivity index (χ4v) is 4.74. The highest BCUT2D eigenvalue weighted by molar-refractivity contribution is 5.04. The highest BCUT2D eigenvalue weighted by Crippen LogP contribution is 2.44. The fraction of sp³-hybridized carbons (Fsp3) is 0.905. The van der Waals surface area contributed by atoms with E-state index in [2.05, 4.69) is 0 Å². The Labute approximate surface area is 165 Å². The number of allylic oxidation sites excluding steroid dienone is 1. The third kappa shape index (κ3) is 5.71. The molecule has 7 unspecified atom stereocenters. The first-order valence-corrected chi connectivity index (χ1v) is 10.7. The molecule has 0 amide bonds. The van der Waals surface area contributed by atoms with E-state index in [4.69, 9.17) is 14.2 Å². The first-order chi connectivity index (χ1) is 13.4. The van der Waals surface area contributed by atoms with E-state index < -0.39 is 30.8 Å². The van der Waals surface area contributed by atoms with Gasteiger partial charge in [0.15, 0.2) is 12.6 Å². The molecule has 2 aliphatic heterocycles. The Kier molecular flexibility index (Phi) is 7.81. The Hall–Kier alpha value is -0.630. The van der Waals surface area contributed by atoms with Crippen LogP contribution in [0.2, 0.25) is 0 Å². The summed E-state index contributed by atoms with van der Waals surface area (Å²) in [5, 5.41) is 9.70. The SMILES string of the molecule is CCCCC(C(/C=C/C1CCC2OC(O)CC12)OC1CCCCO1)C(F)(F)F. The number of unbranched alkanes of at least 4 members (excludes halogenated alkanes) is 1. The molecule has 4 nitrogen and oxygen atoms in total. The molecule has 7 heteroatoms. The van der Waals surface area contributed by atoms with Gasteiger partial charge >= 0.3 is 6.18 Å². The molecule has 3 aliphatic rings. The second-order valence-electron chi connectivity index (χ2n) is 8.34. The Balaban J connectivity index is 1.72. The molecular formula is C21H33F3O4. The van der Waals surface area contributed by atoms with Crippen molar-refractivity contribution in [1.29, 1.82) is 0 Å². The van der Waals surface area contributed by atoms with Gasteiger partial charge in [-0.05, 0) is 50.4 Å². The van der Waals surface area contributed by atoms with Gasteiger partial charge in [0, 0.05) is 13.0 Å². The van der Waals surface area contributed by atoms with Gasteiger partial charge in [0.2, 0.25) is 0 Å². The predicted molar refractivity (Wildman–Crippen MR) is 98.4 cm³/mol. The van der Waals surface area contributed by atoms with Crippen molar-refractivity contribution >= 4 is 0 Å². The maximum atomic E-state index is 13.8. The highest BCUT2D eigenvalue weighted by Gasteiger charge is 2.46. The predicted octanol–water partition coefficient (Wildman–Crippen LogP) is 4.96. The summed E-state index contributed by atoms with van der Waals surface area (Å²) in [6.45, 7) is 2.43. The Morgan fingerprint density at radius 3 is 2.71 bits per heavy atom. The minimum absolute atomic E-state index is 0.0178. The third-order valence-electron chi connectivity index (χ3n) is 6.30. The zero-order valence-corrected chi connectivity index (χ0v) is 16.6. The third-order valence-corrected chi connectivity index (χ3v) is 6.30. The molecule has 0 bridgehead atoms. The van der Waals surface area contributed by atoms with Crippen molar-refractivity contribution in [3.63, 3.8) is 0 Å². The number of fused-ring (bicyclic) bond motifs is 1.